The summed E-state index contributed by atoms with van der Waals surface area (Å²) < 4.78 is 13.6. The Morgan fingerprint density at radius 3 is 2.86 bits per heavy atom. The van der Waals surface area contributed by atoms with Gasteiger partial charge in [0.1, 0.15) is 5.82 Å². The van der Waals surface area contributed by atoms with Crippen LogP contribution in [0.4, 0.5) is 10.1 Å². The largest absolute Gasteiger partial charge is 0.325 e. The summed E-state index contributed by atoms with van der Waals surface area (Å²) >= 11 is 3.28. The summed E-state index contributed by atoms with van der Waals surface area (Å²) in [5.41, 5.74) is 2.96. The molecule has 2 aromatic rings. The molecule has 2 aromatic carbocycles. The number of halogens is 2. The molecule has 0 aromatic heterocycles. The van der Waals surface area contributed by atoms with Gasteiger partial charge in [0, 0.05) is 4.47 Å². The molecule has 2 nitrogen and oxygen atoms in total. The number of hydrogen-bond donors (Lipinski definition) is 1. The minimum atomic E-state index is -0.331. The van der Waals surface area contributed by atoms with E-state index in [9.17, 15) is 9.18 Å². The Labute approximate surface area is 131 Å². The Morgan fingerprint density at radius 2 is 2.05 bits per heavy atom. The van der Waals surface area contributed by atoms with Gasteiger partial charge in [0.05, 0.1) is 11.6 Å². The van der Waals surface area contributed by atoms with Gasteiger partial charge in [-0.05, 0) is 64.5 Å². The lowest BCUT2D eigenvalue weighted by Crippen LogP contribution is -2.24. The summed E-state index contributed by atoms with van der Waals surface area (Å²) in [6.45, 7) is 0. The lowest BCUT2D eigenvalue weighted by atomic mass is 9.82. The van der Waals surface area contributed by atoms with E-state index in [1.165, 1.54) is 17.7 Å². The number of aryl methyl sites for hydroxylation is 1. The van der Waals surface area contributed by atoms with Crippen molar-refractivity contribution in [2.75, 3.05) is 5.32 Å². The minimum Gasteiger partial charge on any atom is -0.325 e. The summed E-state index contributed by atoms with van der Waals surface area (Å²) in [5, 5.41) is 2.90. The van der Waals surface area contributed by atoms with E-state index in [4.69, 9.17) is 0 Å². The standard InChI is InChI=1S/C17H15BrFNO/c18-15-10-12(19)8-9-16(15)20-17(21)14-7-3-5-11-4-1-2-6-13(11)14/h1-2,4,6,8-10,14H,3,5,7H2,(H,20,21). The van der Waals surface area contributed by atoms with Crippen LogP contribution in [0.5, 0.6) is 0 Å². The third-order valence-corrected chi connectivity index (χ3v) is 4.53. The second kappa shape index (κ2) is 5.98. The van der Waals surface area contributed by atoms with Crippen molar-refractivity contribution >= 4 is 27.5 Å². The third-order valence-electron chi connectivity index (χ3n) is 3.87. The molecule has 21 heavy (non-hydrogen) atoms. The number of fused-ring (bicyclic) bond motifs is 1. The first kappa shape index (κ1) is 14.3. The minimum absolute atomic E-state index is 0.0329. The van der Waals surface area contributed by atoms with Gasteiger partial charge >= 0.3 is 0 Å². The summed E-state index contributed by atoms with van der Waals surface area (Å²) in [6, 6.07) is 12.4. The van der Waals surface area contributed by atoms with Crippen LogP contribution in [0.25, 0.3) is 0 Å². The molecule has 4 heteroatoms. The number of amides is 1. The van der Waals surface area contributed by atoms with Gasteiger partial charge in [-0.15, -0.1) is 0 Å². The molecule has 1 atom stereocenters. The zero-order valence-corrected chi connectivity index (χ0v) is 13.0. The lowest BCUT2D eigenvalue weighted by molar-refractivity contribution is -0.117. The van der Waals surface area contributed by atoms with Gasteiger partial charge in [-0.1, -0.05) is 24.3 Å². The SMILES string of the molecule is O=C(Nc1ccc(F)cc1Br)C1CCCc2ccccc21. The van der Waals surface area contributed by atoms with Crippen LogP contribution in [0, 0.1) is 5.82 Å². The Morgan fingerprint density at radius 1 is 1.24 bits per heavy atom. The van der Waals surface area contributed by atoms with Gasteiger partial charge in [0.2, 0.25) is 5.91 Å². The van der Waals surface area contributed by atoms with Crippen LogP contribution in [0.3, 0.4) is 0 Å². The van der Waals surface area contributed by atoms with Gasteiger partial charge in [0.25, 0.3) is 0 Å². The summed E-state index contributed by atoms with van der Waals surface area (Å²) in [5.74, 6) is -0.496. The first-order valence-electron chi connectivity index (χ1n) is 6.99. The van der Waals surface area contributed by atoms with E-state index in [-0.39, 0.29) is 17.6 Å². The van der Waals surface area contributed by atoms with Crippen molar-refractivity contribution in [1.29, 1.82) is 0 Å². The van der Waals surface area contributed by atoms with E-state index in [0.717, 1.165) is 24.8 Å². The first-order chi connectivity index (χ1) is 10.1. The smallest absolute Gasteiger partial charge is 0.231 e. The second-order valence-corrected chi connectivity index (χ2v) is 6.11. The number of rotatable bonds is 2. The highest BCUT2D eigenvalue weighted by atomic mass is 79.9. The molecule has 1 aliphatic rings. The van der Waals surface area contributed by atoms with Crippen LogP contribution >= 0.6 is 15.9 Å². The van der Waals surface area contributed by atoms with E-state index < -0.39 is 0 Å². The highest BCUT2D eigenvalue weighted by Crippen LogP contribution is 2.33. The second-order valence-electron chi connectivity index (χ2n) is 5.26. The van der Waals surface area contributed by atoms with Gasteiger partial charge < -0.3 is 5.32 Å². The molecule has 0 aliphatic heterocycles. The van der Waals surface area contributed by atoms with Crippen molar-refractivity contribution in [1.82, 2.24) is 0 Å². The van der Waals surface area contributed by atoms with Gasteiger partial charge in [-0.25, -0.2) is 4.39 Å². The molecule has 0 saturated heterocycles. The third kappa shape index (κ3) is 3.00. The number of carbonyl (C=O) groups excluding carboxylic acids is 1. The maximum atomic E-state index is 13.1. The molecular weight excluding hydrogens is 333 g/mol. The van der Waals surface area contributed by atoms with Gasteiger partial charge in [-0.3, -0.25) is 4.79 Å². The van der Waals surface area contributed by atoms with E-state index in [1.807, 2.05) is 18.2 Å². The molecule has 0 heterocycles. The first-order valence-corrected chi connectivity index (χ1v) is 7.78. The Hall–Kier alpha value is -1.68. The Bertz CT molecular complexity index is 686. The monoisotopic (exact) mass is 347 g/mol. The van der Waals surface area contributed by atoms with Crippen molar-refractivity contribution in [3.63, 3.8) is 0 Å². The van der Waals surface area contributed by atoms with Crippen LogP contribution < -0.4 is 5.32 Å². The molecule has 1 aliphatic carbocycles. The predicted octanol–water partition coefficient (Wildman–Crippen LogP) is 4.65. The fourth-order valence-electron chi connectivity index (χ4n) is 2.84. The van der Waals surface area contributed by atoms with Crippen molar-refractivity contribution in [3.05, 3.63) is 63.9 Å². The fraction of sp³-hybridized carbons (Fsp3) is 0.235. The normalized spacial score (nSPS) is 17.1. The molecule has 1 unspecified atom stereocenters. The Kier molecular flexibility index (Phi) is 4.06. The van der Waals surface area contributed by atoms with Crippen LogP contribution in [0.2, 0.25) is 0 Å². The van der Waals surface area contributed by atoms with Gasteiger partial charge in [-0.2, -0.15) is 0 Å². The predicted molar refractivity (Wildman–Crippen MR) is 84.9 cm³/mol. The molecule has 0 fully saturated rings. The highest BCUT2D eigenvalue weighted by Gasteiger charge is 2.26. The van der Waals surface area contributed by atoms with Crippen molar-refractivity contribution in [2.45, 2.75) is 25.2 Å². The van der Waals surface area contributed by atoms with Crippen molar-refractivity contribution < 1.29 is 9.18 Å². The van der Waals surface area contributed by atoms with E-state index in [2.05, 4.69) is 27.3 Å². The fourth-order valence-corrected chi connectivity index (χ4v) is 3.29. The van der Waals surface area contributed by atoms with Crippen LogP contribution in [0.15, 0.2) is 46.9 Å². The molecule has 0 radical (unpaired) electrons. The number of benzene rings is 2. The van der Waals surface area contributed by atoms with Crippen LogP contribution in [-0.2, 0) is 11.2 Å². The number of hydrogen-bond acceptors (Lipinski definition) is 1. The number of anilines is 1. The molecule has 1 amide bonds. The van der Waals surface area contributed by atoms with Crippen molar-refractivity contribution in [2.24, 2.45) is 0 Å². The molecule has 0 spiro atoms. The average Bonchev–Trinajstić information content (AvgIpc) is 2.49. The van der Waals surface area contributed by atoms with E-state index >= 15 is 0 Å². The van der Waals surface area contributed by atoms with E-state index in [1.54, 1.807) is 6.07 Å². The summed E-state index contributed by atoms with van der Waals surface area (Å²) in [7, 11) is 0. The van der Waals surface area contributed by atoms with Crippen LogP contribution in [-0.4, -0.2) is 5.91 Å². The molecule has 0 saturated carbocycles. The maximum Gasteiger partial charge on any atom is 0.231 e. The topological polar surface area (TPSA) is 29.1 Å². The Balaban J connectivity index is 1.83. The highest BCUT2D eigenvalue weighted by molar-refractivity contribution is 9.10. The molecule has 3 rings (SSSR count). The van der Waals surface area contributed by atoms with E-state index in [0.29, 0.717) is 10.2 Å². The molecular formula is C17H15BrFNO. The average molecular weight is 348 g/mol. The number of nitrogens with one attached hydrogen (secondary N) is 1. The lowest BCUT2D eigenvalue weighted by Gasteiger charge is -2.24. The summed E-state index contributed by atoms with van der Waals surface area (Å²) in [6.07, 6.45) is 2.89. The van der Waals surface area contributed by atoms with Gasteiger partial charge in [0.15, 0.2) is 0 Å². The van der Waals surface area contributed by atoms with Crippen molar-refractivity contribution in [3.8, 4) is 0 Å². The number of carbonyl (C=O) groups is 1. The maximum absolute atomic E-state index is 13.1. The summed E-state index contributed by atoms with van der Waals surface area (Å²) in [4.78, 5) is 12.5. The molecule has 0 bridgehead atoms. The molecule has 108 valence electrons. The quantitative estimate of drug-likeness (QED) is 0.841. The molecule has 1 N–H and O–H groups in total. The zero-order valence-electron chi connectivity index (χ0n) is 11.4. The van der Waals surface area contributed by atoms with Crippen LogP contribution in [0.1, 0.15) is 29.9 Å². The zero-order chi connectivity index (χ0) is 14.8.